The molecule has 4 rings (SSSR count). The summed E-state index contributed by atoms with van der Waals surface area (Å²) in [5, 5.41) is 16.9. The molecule has 1 aliphatic carbocycles. The first kappa shape index (κ1) is 29.3. The van der Waals surface area contributed by atoms with Gasteiger partial charge >= 0.3 is 12.1 Å². The number of carbonyl (C=O) groups is 2. The van der Waals surface area contributed by atoms with Gasteiger partial charge in [-0.25, -0.2) is 4.79 Å². The van der Waals surface area contributed by atoms with Crippen molar-refractivity contribution in [2.75, 3.05) is 33.3 Å². The lowest BCUT2D eigenvalue weighted by Gasteiger charge is -2.39. The number of hydrogen-bond donors (Lipinski definition) is 2. The summed E-state index contributed by atoms with van der Waals surface area (Å²) < 4.78 is 38.0. The third-order valence-electron chi connectivity index (χ3n) is 7.84. The second-order valence-electron chi connectivity index (χ2n) is 10.6. The molecule has 0 bridgehead atoms. The zero-order valence-corrected chi connectivity index (χ0v) is 21.3. The van der Waals surface area contributed by atoms with Gasteiger partial charge in [0.15, 0.2) is 0 Å². The molecule has 3 aliphatic rings. The Morgan fingerprint density at radius 1 is 1.22 bits per heavy atom. The van der Waals surface area contributed by atoms with E-state index >= 15 is 0 Å². The first-order chi connectivity index (χ1) is 17.5. The number of piperidine rings is 1. The molecule has 0 aromatic carbocycles. The molecule has 0 radical (unpaired) electrons. The Hall–Kier alpha value is -2.24. The molecule has 11 heteroatoms. The number of alkyl halides is 3. The number of aliphatic hydroxyl groups excluding tert-OH is 1. The van der Waals surface area contributed by atoms with E-state index in [0.717, 1.165) is 83.2 Å². The van der Waals surface area contributed by atoms with E-state index in [1.165, 1.54) is 0 Å². The molecule has 8 nitrogen and oxygen atoms in total. The zero-order valence-electron chi connectivity index (χ0n) is 21.3. The van der Waals surface area contributed by atoms with Gasteiger partial charge in [-0.05, 0) is 75.5 Å². The normalized spacial score (nSPS) is 25.6. The Morgan fingerprint density at radius 3 is 2.43 bits per heavy atom. The second kappa shape index (κ2) is 13.0. The minimum Gasteiger partial charge on any atom is -0.475 e. The van der Waals surface area contributed by atoms with E-state index in [1.807, 2.05) is 18.3 Å². The second-order valence-corrected chi connectivity index (χ2v) is 10.6. The summed E-state index contributed by atoms with van der Waals surface area (Å²) in [5.74, 6) is -2.49. The van der Waals surface area contributed by atoms with Gasteiger partial charge in [-0.1, -0.05) is 6.07 Å². The van der Waals surface area contributed by atoms with Crippen molar-refractivity contribution in [1.29, 1.82) is 0 Å². The molecule has 1 saturated carbocycles. The molecule has 37 heavy (non-hydrogen) atoms. The van der Waals surface area contributed by atoms with Crippen LogP contribution in [0, 0.1) is 5.41 Å². The van der Waals surface area contributed by atoms with Crippen LogP contribution in [0.2, 0.25) is 0 Å². The molecule has 2 N–H and O–H groups in total. The van der Waals surface area contributed by atoms with Crippen molar-refractivity contribution in [3.8, 4) is 0 Å². The zero-order chi connectivity index (χ0) is 27.1. The third kappa shape index (κ3) is 8.93. The SMILES string of the molecule is CN(CC1CC2(CCN(C(=O)CCc3cccnc3)CC2)CO1)C1CCC(O)CC1.O=C(O)C(F)(F)F. The van der Waals surface area contributed by atoms with Crippen LogP contribution in [0.3, 0.4) is 0 Å². The van der Waals surface area contributed by atoms with Crippen LogP contribution in [-0.4, -0.2) is 94.6 Å². The number of amides is 1. The van der Waals surface area contributed by atoms with Gasteiger partial charge in [0.2, 0.25) is 5.91 Å². The minimum absolute atomic E-state index is 0.0992. The fraction of sp³-hybridized carbons (Fsp3) is 0.731. The van der Waals surface area contributed by atoms with Crippen LogP contribution >= 0.6 is 0 Å². The molecule has 2 aliphatic heterocycles. The number of aromatic nitrogens is 1. The number of halogens is 3. The van der Waals surface area contributed by atoms with Crippen LogP contribution in [0.5, 0.6) is 0 Å². The summed E-state index contributed by atoms with van der Waals surface area (Å²) in [4.78, 5) is 30.2. The fourth-order valence-electron chi connectivity index (χ4n) is 5.52. The summed E-state index contributed by atoms with van der Waals surface area (Å²) in [6.07, 6.45) is 7.33. The van der Waals surface area contributed by atoms with Crippen molar-refractivity contribution in [2.45, 2.75) is 82.2 Å². The predicted octanol–water partition coefficient (Wildman–Crippen LogP) is 3.28. The average molecular weight is 530 g/mol. The number of carboxylic acid groups (broad SMARTS) is 1. The topological polar surface area (TPSA) is 103 Å². The lowest BCUT2D eigenvalue weighted by atomic mass is 9.76. The smallest absolute Gasteiger partial charge is 0.475 e. The Labute approximate surface area is 215 Å². The Kier molecular flexibility index (Phi) is 10.3. The highest BCUT2D eigenvalue weighted by Crippen LogP contribution is 2.42. The lowest BCUT2D eigenvalue weighted by Crippen LogP contribution is -2.44. The maximum absolute atomic E-state index is 12.6. The number of nitrogens with zero attached hydrogens (tertiary/aromatic N) is 3. The number of ether oxygens (including phenoxy) is 1. The van der Waals surface area contributed by atoms with E-state index in [2.05, 4.69) is 21.8 Å². The van der Waals surface area contributed by atoms with Gasteiger partial charge in [-0.2, -0.15) is 13.2 Å². The molecule has 3 fully saturated rings. The van der Waals surface area contributed by atoms with E-state index in [9.17, 15) is 23.1 Å². The van der Waals surface area contributed by atoms with Gasteiger partial charge in [0.25, 0.3) is 0 Å². The Balaban J connectivity index is 0.000000479. The molecule has 1 aromatic rings. The summed E-state index contributed by atoms with van der Waals surface area (Å²) in [5.41, 5.74) is 1.39. The molecule has 1 spiro atoms. The van der Waals surface area contributed by atoms with Crippen molar-refractivity contribution in [3.05, 3.63) is 30.1 Å². The number of carbonyl (C=O) groups excluding carboxylic acids is 1. The third-order valence-corrected chi connectivity index (χ3v) is 7.84. The van der Waals surface area contributed by atoms with Crippen molar-refractivity contribution < 1.29 is 37.7 Å². The van der Waals surface area contributed by atoms with E-state index in [4.69, 9.17) is 14.6 Å². The summed E-state index contributed by atoms with van der Waals surface area (Å²) >= 11 is 0. The fourth-order valence-corrected chi connectivity index (χ4v) is 5.52. The van der Waals surface area contributed by atoms with E-state index in [0.29, 0.717) is 18.6 Å². The minimum atomic E-state index is -5.08. The largest absolute Gasteiger partial charge is 0.490 e. The molecule has 208 valence electrons. The molecule has 3 heterocycles. The number of aliphatic hydroxyl groups is 1. The van der Waals surface area contributed by atoms with E-state index in [1.54, 1.807) is 6.20 Å². The maximum Gasteiger partial charge on any atom is 0.490 e. The van der Waals surface area contributed by atoms with Crippen LogP contribution in [0.1, 0.15) is 56.9 Å². The van der Waals surface area contributed by atoms with Gasteiger partial charge in [0, 0.05) is 44.5 Å². The molecule has 2 saturated heterocycles. The first-order valence-electron chi connectivity index (χ1n) is 12.9. The number of carboxylic acids is 1. The van der Waals surface area contributed by atoms with Crippen LogP contribution in [0.4, 0.5) is 13.2 Å². The molecular weight excluding hydrogens is 491 g/mol. The van der Waals surface area contributed by atoms with Gasteiger partial charge < -0.3 is 24.7 Å². The van der Waals surface area contributed by atoms with Crippen LogP contribution < -0.4 is 0 Å². The van der Waals surface area contributed by atoms with Gasteiger partial charge in [-0.3, -0.25) is 9.78 Å². The predicted molar refractivity (Wildman–Crippen MR) is 130 cm³/mol. The number of pyridine rings is 1. The van der Waals surface area contributed by atoms with Gasteiger partial charge in [-0.15, -0.1) is 0 Å². The molecule has 1 unspecified atom stereocenters. The van der Waals surface area contributed by atoms with Gasteiger partial charge in [0.05, 0.1) is 18.8 Å². The molecule has 1 atom stereocenters. The number of aliphatic carboxylic acids is 1. The Morgan fingerprint density at radius 2 is 1.86 bits per heavy atom. The molecular formula is C26H38F3N3O5. The quantitative estimate of drug-likeness (QED) is 0.583. The average Bonchev–Trinajstić information content (AvgIpc) is 3.25. The lowest BCUT2D eigenvalue weighted by molar-refractivity contribution is -0.192. The molecule has 1 aromatic heterocycles. The Bertz CT molecular complexity index is 870. The van der Waals surface area contributed by atoms with Crippen molar-refractivity contribution in [1.82, 2.24) is 14.8 Å². The molecule has 1 amide bonds. The standard InChI is InChI=1S/C24H37N3O3.C2HF3O2/c1-26(20-5-7-21(28)8-6-20)17-22-15-24(18-30-22)10-13-27(14-11-24)23(29)9-4-19-3-2-12-25-16-19;3-2(4,5)1(6)7/h2-3,12,16,20-22,28H,4-11,13-15,17-18H2,1H3;(H,6,7). The van der Waals surface area contributed by atoms with Crippen LogP contribution in [0.15, 0.2) is 24.5 Å². The van der Waals surface area contributed by atoms with Crippen molar-refractivity contribution in [2.24, 2.45) is 5.41 Å². The number of rotatable bonds is 6. The number of hydrogen-bond acceptors (Lipinski definition) is 6. The first-order valence-corrected chi connectivity index (χ1v) is 12.9. The highest BCUT2D eigenvalue weighted by Gasteiger charge is 2.43. The maximum atomic E-state index is 12.6. The van der Waals surface area contributed by atoms with Gasteiger partial charge in [0.1, 0.15) is 0 Å². The highest BCUT2D eigenvalue weighted by atomic mass is 19.4. The van der Waals surface area contributed by atoms with Crippen molar-refractivity contribution in [3.63, 3.8) is 0 Å². The highest BCUT2D eigenvalue weighted by molar-refractivity contribution is 5.76. The summed E-state index contributed by atoms with van der Waals surface area (Å²) in [6, 6.07) is 4.54. The van der Waals surface area contributed by atoms with E-state index in [-0.39, 0.29) is 17.4 Å². The monoisotopic (exact) mass is 529 g/mol. The van der Waals surface area contributed by atoms with E-state index < -0.39 is 12.1 Å². The number of likely N-dealkylation sites (N-methyl/N-ethyl adjacent to an activating group) is 1. The number of likely N-dealkylation sites (tertiary alicyclic amines) is 1. The summed E-state index contributed by atoms with van der Waals surface area (Å²) in [6.45, 7) is 3.54. The summed E-state index contributed by atoms with van der Waals surface area (Å²) in [7, 11) is 2.21. The van der Waals surface area contributed by atoms with Crippen LogP contribution in [-0.2, 0) is 20.7 Å². The van der Waals surface area contributed by atoms with Crippen molar-refractivity contribution >= 4 is 11.9 Å². The van der Waals surface area contributed by atoms with Crippen LogP contribution in [0.25, 0.3) is 0 Å². The number of aryl methyl sites for hydroxylation is 1.